The fourth-order valence-corrected chi connectivity index (χ4v) is 2.23. The molecule has 0 saturated carbocycles. The maximum Gasteiger partial charge on any atom is 0.337 e. The van der Waals surface area contributed by atoms with Crippen molar-refractivity contribution in [3.8, 4) is 11.5 Å². The Labute approximate surface area is 128 Å². The van der Waals surface area contributed by atoms with Gasteiger partial charge < -0.3 is 19.5 Å². The van der Waals surface area contributed by atoms with Gasteiger partial charge in [0.15, 0.2) is 11.5 Å². The zero-order valence-electron chi connectivity index (χ0n) is 12.3. The van der Waals surface area contributed by atoms with Crippen molar-refractivity contribution in [2.45, 2.75) is 6.54 Å². The van der Waals surface area contributed by atoms with Crippen LogP contribution in [0.15, 0.2) is 42.5 Å². The summed E-state index contributed by atoms with van der Waals surface area (Å²) >= 11 is 0. The third kappa shape index (κ3) is 3.14. The Kier molecular flexibility index (Phi) is 4.14. The standard InChI is InChI=1S/C17H17NO4/c1-20-17(19)13-4-2-12(3-5-13)11-18-14-6-7-15-16(10-14)22-9-8-21-15/h2-7,10,18H,8-9,11H2,1H3. The summed E-state index contributed by atoms with van der Waals surface area (Å²) in [5, 5.41) is 3.32. The smallest absolute Gasteiger partial charge is 0.337 e. The van der Waals surface area contributed by atoms with Gasteiger partial charge in [-0.15, -0.1) is 0 Å². The number of methoxy groups -OCH3 is 1. The van der Waals surface area contributed by atoms with Crippen LogP contribution in [-0.2, 0) is 11.3 Å². The SMILES string of the molecule is COC(=O)c1ccc(CNc2ccc3c(c2)OCCO3)cc1. The first-order chi connectivity index (χ1) is 10.8. The summed E-state index contributed by atoms with van der Waals surface area (Å²) in [6.07, 6.45) is 0. The third-order valence-corrected chi connectivity index (χ3v) is 3.41. The predicted octanol–water partition coefficient (Wildman–Crippen LogP) is 2.86. The van der Waals surface area contributed by atoms with Crippen LogP contribution in [0.1, 0.15) is 15.9 Å². The second kappa shape index (κ2) is 6.39. The number of carbonyl (C=O) groups is 1. The molecule has 0 fully saturated rings. The molecule has 0 saturated heterocycles. The number of nitrogens with one attached hydrogen (secondary N) is 1. The lowest BCUT2D eigenvalue weighted by Gasteiger charge is -2.19. The summed E-state index contributed by atoms with van der Waals surface area (Å²) < 4.78 is 15.7. The summed E-state index contributed by atoms with van der Waals surface area (Å²) in [7, 11) is 1.37. The number of ether oxygens (including phenoxy) is 3. The molecule has 0 aliphatic carbocycles. The van der Waals surface area contributed by atoms with E-state index in [0.29, 0.717) is 25.3 Å². The van der Waals surface area contributed by atoms with Crippen molar-refractivity contribution in [3.05, 3.63) is 53.6 Å². The van der Waals surface area contributed by atoms with Crippen LogP contribution in [-0.4, -0.2) is 26.3 Å². The Morgan fingerprint density at radius 2 is 1.82 bits per heavy atom. The maximum absolute atomic E-state index is 11.4. The van der Waals surface area contributed by atoms with Gasteiger partial charge in [0.1, 0.15) is 13.2 Å². The van der Waals surface area contributed by atoms with Crippen molar-refractivity contribution in [2.75, 3.05) is 25.6 Å². The van der Waals surface area contributed by atoms with Crippen LogP contribution in [0.4, 0.5) is 5.69 Å². The Hall–Kier alpha value is -2.69. The van der Waals surface area contributed by atoms with E-state index in [4.69, 9.17) is 9.47 Å². The lowest BCUT2D eigenvalue weighted by atomic mass is 10.1. The van der Waals surface area contributed by atoms with Gasteiger partial charge in [-0.1, -0.05) is 12.1 Å². The topological polar surface area (TPSA) is 56.8 Å². The first-order valence-electron chi connectivity index (χ1n) is 7.07. The van der Waals surface area contributed by atoms with Crippen LogP contribution < -0.4 is 14.8 Å². The van der Waals surface area contributed by atoms with E-state index < -0.39 is 0 Å². The molecule has 0 spiro atoms. The maximum atomic E-state index is 11.4. The largest absolute Gasteiger partial charge is 0.486 e. The fourth-order valence-electron chi connectivity index (χ4n) is 2.23. The summed E-state index contributed by atoms with van der Waals surface area (Å²) in [5.74, 6) is 1.21. The van der Waals surface area contributed by atoms with Gasteiger partial charge in [0.25, 0.3) is 0 Å². The monoisotopic (exact) mass is 299 g/mol. The molecule has 1 N–H and O–H groups in total. The number of carbonyl (C=O) groups excluding carboxylic acids is 1. The third-order valence-electron chi connectivity index (χ3n) is 3.41. The summed E-state index contributed by atoms with van der Waals surface area (Å²) in [6.45, 7) is 1.82. The van der Waals surface area contributed by atoms with Crippen LogP contribution in [0.25, 0.3) is 0 Å². The highest BCUT2D eigenvalue weighted by Gasteiger charge is 2.11. The number of rotatable bonds is 4. The molecule has 0 bridgehead atoms. The summed E-state index contributed by atoms with van der Waals surface area (Å²) in [4.78, 5) is 11.4. The molecule has 2 aromatic carbocycles. The minimum absolute atomic E-state index is 0.327. The second-order valence-corrected chi connectivity index (χ2v) is 4.90. The first kappa shape index (κ1) is 14.3. The molecule has 22 heavy (non-hydrogen) atoms. The molecule has 5 nitrogen and oxygen atoms in total. The van der Waals surface area contributed by atoms with E-state index in [1.807, 2.05) is 30.3 Å². The molecule has 1 heterocycles. The zero-order chi connectivity index (χ0) is 15.4. The lowest BCUT2D eigenvalue weighted by molar-refractivity contribution is 0.0600. The van der Waals surface area contributed by atoms with Crippen molar-refractivity contribution in [3.63, 3.8) is 0 Å². The van der Waals surface area contributed by atoms with Crippen molar-refractivity contribution in [2.24, 2.45) is 0 Å². The number of benzene rings is 2. The quantitative estimate of drug-likeness (QED) is 0.880. The van der Waals surface area contributed by atoms with Crippen molar-refractivity contribution < 1.29 is 19.0 Å². The Morgan fingerprint density at radius 3 is 2.55 bits per heavy atom. The molecule has 1 aliphatic rings. The van der Waals surface area contributed by atoms with Crippen LogP contribution >= 0.6 is 0 Å². The van der Waals surface area contributed by atoms with Crippen LogP contribution in [0, 0.1) is 0 Å². The van der Waals surface area contributed by atoms with Crippen molar-refractivity contribution >= 4 is 11.7 Å². The molecule has 0 unspecified atom stereocenters. The van der Waals surface area contributed by atoms with E-state index >= 15 is 0 Å². The van der Waals surface area contributed by atoms with Gasteiger partial charge in [-0.05, 0) is 29.8 Å². The number of anilines is 1. The van der Waals surface area contributed by atoms with Crippen LogP contribution in [0.2, 0.25) is 0 Å². The zero-order valence-corrected chi connectivity index (χ0v) is 12.3. The van der Waals surface area contributed by atoms with E-state index in [0.717, 1.165) is 22.7 Å². The molecule has 0 aromatic heterocycles. The van der Waals surface area contributed by atoms with Gasteiger partial charge >= 0.3 is 5.97 Å². The minimum atomic E-state index is -0.327. The van der Waals surface area contributed by atoms with Gasteiger partial charge in [0.2, 0.25) is 0 Å². The Morgan fingerprint density at radius 1 is 1.09 bits per heavy atom. The first-order valence-corrected chi connectivity index (χ1v) is 7.07. The number of fused-ring (bicyclic) bond motifs is 1. The molecular weight excluding hydrogens is 282 g/mol. The molecule has 2 aromatic rings. The van der Waals surface area contributed by atoms with E-state index in [1.165, 1.54) is 7.11 Å². The lowest BCUT2D eigenvalue weighted by Crippen LogP contribution is -2.15. The van der Waals surface area contributed by atoms with Crippen LogP contribution in [0.5, 0.6) is 11.5 Å². The van der Waals surface area contributed by atoms with Crippen molar-refractivity contribution in [1.82, 2.24) is 0 Å². The molecule has 0 atom stereocenters. The molecule has 3 rings (SSSR count). The van der Waals surface area contributed by atoms with Gasteiger partial charge in [-0.25, -0.2) is 4.79 Å². The highest BCUT2D eigenvalue weighted by atomic mass is 16.6. The average molecular weight is 299 g/mol. The normalized spacial score (nSPS) is 12.6. The highest BCUT2D eigenvalue weighted by Crippen LogP contribution is 2.32. The average Bonchev–Trinajstić information content (AvgIpc) is 2.59. The minimum Gasteiger partial charge on any atom is -0.486 e. The molecule has 0 radical (unpaired) electrons. The van der Waals surface area contributed by atoms with Gasteiger partial charge in [0, 0.05) is 18.3 Å². The van der Waals surface area contributed by atoms with E-state index in [9.17, 15) is 4.79 Å². The Balaban J connectivity index is 1.63. The summed E-state index contributed by atoms with van der Waals surface area (Å²) in [6, 6.07) is 13.1. The number of hydrogen-bond acceptors (Lipinski definition) is 5. The van der Waals surface area contributed by atoms with Crippen molar-refractivity contribution in [1.29, 1.82) is 0 Å². The summed E-state index contributed by atoms with van der Waals surface area (Å²) in [5.41, 5.74) is 2.58. The molecule has 114 valence electrons. The predicted molar refractivity (Wildman–Crippen MR) is 82.5 cm³/mol. The number of hydrogen-bond donors (Lipinski definition) is 1. The Bertz CT molecular complexity index is 667. The molecule has 1 aliphatic heterocycles. The molecule has 5 heteroatoms. The second-order valence-electron chi connectivity index (χ2n) is 4.90. The highest BCUT2D eigenvalue weighted by molar-refractivity contribution is 5.89. The van der Waals surface area contributed by atoms with E-state index in [-0.39, 0.29) is 5.97 Å². The van der Waals surface area contributed by atoms with Crippen LogP contribution in [0.3, 0.4) is 0 Å². The fraction of sp³-hybridized carbons (Fsp3) is 0.235. The molecular formula is C17H17NO4. The van der Waals surface area contributed by atoms with Gasteiger partial charge in [-0.2, -0.15) is 0 Å². The van der Waals surface area contributed by atoms with E-state index in [1.54, 1.807) is 12.1 Å². The van der Waals surface area contributed by atoms with Gasteiger partial charge in [-0.3, -0.25) is 0 Å². The molecule has 0 amide bonds. The number of esters is 1. The van der Waals surface area contributed by atoms with E-state index in [2.05, 4.69) is 10.1 Å². The van der Waals surface area contributed by atoms with Gasteiger partial charge in [0.05, 0.1) is 12.7 Å².